The van der Waals surface area contributed by atoms with Crippen LogP contribution in [0.25, 0.3) is 21.5 Å². The average molecular weight is 843 g/mol. The molecule has 292 valence electrons. The third kappa shape index (κ3) is 8.17. The summed E-state index contributed by atoms with van der Waals surface area (Å²) in [5, 5.41) is 26.8. The minimum atomic E-state index is -4.70. The molecule has 0 atom stereocenters. The van der Waals surface area contributed by atoms with Crippen LogP contribution in [0.2, 0.25) is 0 Å². The van der Waals surface area contributed by atoms with Crippen LogP contribution in [-0.2, 0) is 40.3 Å². The van der Waals surface area contributed by atoms with Crippen LogP contribution in [0.3, 0.4) is 0 Å². The summed E-state index contributed by atoms with van der Waals surface area (Å²) in [4.78, 5) is 11.0. The van der Waals surface area contributed by atoms with Gasteiger partial charge in [-0.1, -0.05) is 24.3 Å². The number of sulfonamides is 2. The molecule has 2 amide bonds. The lowest BCUT2D eigenvalue weighted by molar-refractivity contribution is 0.250. The second-order valence-electron chi connectivity index (χ2n) is 12.4. The molecule has 0 saturated heterocycles. The van der Waals surface area contributed by atoms with E-state index in [1.54, 1.807) is 21.6 Å². The fourth-order valence-corrected chi connectivity index (χ4v) is 9.85. The topological polar surface area (TPSA) is 283 Å². The number of aromatic hydroxyl groups is 2. The summed E-state index contributed by atoms with van der Waals surface area (Å²) in [5.74, 6) is -0.874. The van der Waals surface area contributed by atoms with Gasteiger partial charge in [0.15, 0.2) is 0 Å². The maximum absolute atomic E-state index is 13.2. The fourth-order valence-electron chi connectivity index (χ4n) is 6.06. The fraction of sp³-hybridized carbons (Fsp3) is 0.0571. The highest BCUT2D eigenvalue weighted by Gasteiger charge is 2.26. The van der Waals surface area contributed by atoms with Gasteiger partial charge in [-0.15, -0.1) is 0 Å². The number of phenolic OH excluding ortho intramolecular Hbond substituents is 2. The van der Waals surface area contributed by atoms with Gasteiger partial charge in [-0.25, -0.2) is 31.1 Å². The summed E-state index contributed by atoms with van der Waals surface area (Å²) in [6.07, 6.45) is 0. The molecule has 17 nitrogen and oxygen atoms in total. The molecule has 0 spiro atoms. The van der Waals surface area contributed by atoms with Crippen molar-refractivity contribution in [1.29, 1.82) is 0 Å². The molecule has 0 aliphatic heterocycles. The van der Waals surface area contributed by atoms with Crippen molar-refractivity contribution in [1.82, 2.24) is 9.44 Å². The van der Waals surface area contributed by atoms with Gasteiger partial charge in [0.05, 0.1) is 9.79 Å². The highest BCUT2D eigenvalue weighted by molar-refractivity contribution is 7.91. The van der Waals surface area contributed by atoms with Crippen LogP contribution >= 0.6 is 0 Å². The number of carbonyl (C=O) groups excluding carboxylic acids is 1. The van der Waals surface area contributed by atoms with Gasteiger partial charge in [0.25, 0.3) is 40.3 Å². The third-order valence-corrected chi connectivity index (χ3v) is 13.2. The maximum atomic E-state index is 13.2. The van der Waals surface area contributed by atoms with Gasteiger partial charge in [-0.3, -0.25) is 9.11 Å². The van der Waals surface area contributed by atoms with Crippen molar-refractivity contribution >= 4 is 90.6 Å². The molecule has 0 unspecified atom stereocenters. The van der Waals surface area contributed by atoms with Crippen LogP contribution in [0.15, 0.2) is 117 Å². The molecule has 0 bridgehead atoms. The van der Waals surface area contributed by atoms with Crippen molar-refractivity contribution < 1.29 is 57.8 Å². The molecule has 6 aromatic rings. The lowest BCUT2D eigenvalue weighted by Gasteiger charge is -2.15. The number of anilines is 4. The zero-order valence-corrected chi connectivity index (χ0v) is 32.1. The van der Waals surface area contributed by atoms with Crippen molar-refractivity contribution in [2.45, 2.75) is 33.4 Å². The van der Waals surface area contributed by atoms with Gasteiger partial charge in [0.2, 0.25) is 0 Å². The van der Waals surface area contributed by atoms with E-state index in [0.717, 1.165) is 24.3 Å². The lowest BCUT2D eigenvalue weighted by Crippen LogP contribution is -2.42. The van der Waals surface area contributed by atoms with Gasteiger partial charge < -0.3 is 20.8 Å². The summed E-state index contributed by atoms with van der Waals surface area (Å²) in [6.45, 7) is 2.82. The van der Waals surface area contributed by atoms with Crippen molar-refractivity contribution in [3.8, 4) is 11.5 Å². The third-order valence-electron chi connectivity index (χ3n) is 8.38. The van der Waals surface area contributed by atoms with Crippen LogP contribution in [-0.4, -0.2) is 59.0 Å². The number of nitrogens with one attached hydrogen (secondary N) is 4. The Morgan fingerprint density at radius 1 is 0.482 bits per heavy atom. The van der Waals surface area contributed by atoms with Gasteiger partial charge in [0, 0.05) is 56.4 Å². The standard InChI is InChI=1S/C35H30N4O13S4/c1-19-13-21(36-29-7-3-5-25-27(29)15-23(40)17-33(25)55(47,48)49)9-11-31(19)53(43,44)38-35(42)39-54(45,46)32-12-10-22(14-20(32)2)37-30-8-4-6-26-28(30)16-24(41)18-34(26)56(50,51)52/h3-18,36-37,40-41H,1-2H3,(H2,38,39,42)(H,47,48,49)(H,50,51,52). The van der Waals surface area contributed by atoms with Crippen molar-refractivity contribution in [3.63, 3.8) is 0 Å². The van der Waals surface area contributed by atoms with Crippen LogP contribution < -0.4 is 20.1 Å². The zero-order chi connectivity index (χ0) is 41.0. The first-order valence-corrected chi connectivity index (χ1v) is 21.7. The summed E-state index contributed by atoms with van der Waals surface area (Å²) < 4.78 is 123. The van der Waals surface area contributed by atoms with E-state index in [0.29, 0.717) is 22.7 Å². The number of rotatable bonds is 10. The average Bonchev–Trinajstić information content (AvgIpc) is 3.06. The number of hydrogen-bond acceptors (Lipinski definition) is 13. The Balaban J connectivity index is 1.18. The van der Waals surface area contributed by atoms with E-state index < -0.39 is 67.6 Å². The minimum absolute atomic E-state index is 0.0983. The van der Waals surface area contributed by atoms with Crippen molar-refractivity contribution in [2.24, 2.45) is 0 Å². The minimum Gasteiger partial charge on any atom is -0.508 e. The maximum Gasteiger partial charge on any atom is 0.342 e. The number of phenols is 2. The number of hydrogen-bond donors (Lipinski definition) is 8. The molecule has 0 aliphatic rings. The van der Waals surface area contributed by atoms with E-state index in [1.807, 2.05) is 0 Å². The summed E-state index contributed by atoms with van der Waals surface area (Å²) in [6, 6.07) is 19.4. The van der Waals surface area contributed by atoms with E-state index in [1.165, 1.54) is 74.5 Å². The number of benzene rings is 6. The quantitative estimate of drug-likeness (QED) is 0.0804. The summed E-state index contributed by atoms with van der Waals surface area (Å²) in [7, 11) is -18.7. The van der Waals surface area contributed by atoms with Crippen molar-refractivity contribution in [2.75, 3.05) is 10.6 Å². The summed E-state index contributed by atoms with van der Waals surface area (Å²) >= 11 is 0. The first-order chi connectivity index (χ1) is 26.0. The van der Waals surface area contributed by atoms with E-state index in [2.05, 4.69) is 10.6 Å². The Labute approximate surface area is 320 Å². The molecule has 21 heteroatoms. The number of carbonyl (C=O) groups is 1. The van der Waals surface area contributed by atoms with Gasteiger partial charge in [0.1, 0.15) is 21.3 Å². The second kappa shape index (κ2) is 14.3. The number of aryl methyl sites for hydroxylation is 2. The zero-order valence-electron chi connectivity index (χ0n) is 28.8. The predicted octanol–water partition coefficient (Wildman–Crippen LogP) is 5.38. The smallest absolute Gasteiger partial charge is 0.342 e. The molecule has 0 aromatic heterocycles. The van der Waals surface area contributed by atoms with Crippen LogP contribution in [0, 0.1) is 13.8 Å². The molecular weight excluding hydrogens is 813 g/mol. The molecule has 0 aliphatic carbocycles. The Bertz CT molecular complexity index is 2880. The van der Waals surface area contributed by atoms with Crippen LogP contribution in [0.5, 0.6) is 11.5 Å². The molecule has 6 rings (SSSR count). The first-order valence-electron chi connectivity index (χ1n) is 15.8. The molecule has 6 aromatic carbocycles. The van der Waals surface area contributed by atoms with E-state index in [-0.39, 0.29) is 42.5 Å². The molecule has 0 heterocycles. The first kappa shape index (κ1) is 39.7. The molecule has 8 N–H and O–H groups in total. The van der Waals surface area contributed by atoms with Crippen molar-refractivity contribution in [3.05, 3.63) is 108 Å². The van der Waals surface area contributed by atoms with Gasteiger partial charge in [-0.05, 0) is 85.6 Å². The highest BCUT2D eigenvalue weighted by atomic mass is 32.2. The Morgan fingerprint density at radius 3 is 1.20 bits per heavy atom. The second-order valence-corrected chi connectivity index (χ2v) is 18.5. The van der Waals surface area contributed by atoms with E-state index >= 15 is 0 Å². The van der Waals surface area contributed by atoms with E-state index in [4.69, 9.17) is 0 Å². The molecule has 56 heavy (non-hydrogen) atoms. The lowest BCUT2D eigenvalue weighted by atomic mass is 10.1. The monoisotopic (exact) mass is 842 g/mol. The highest BCUT2D eigenvalue weighted by Crippen LogP contribution is 2.36. The predicted molar refractivity (Wildman–Crippen MR) is 206 cm³/mol. The Hall–Kier alpha value is -5.97. The Kier molecular flexibility index (Phi) is 10.1. The number of fused-ring (bicyclic) bond motifs is 2. The van der Waals surface area contributed by atoms with E-state index in [9.17, 15) is 57.8 Å². The Morgan fingerprint density at radius 2 is 0.857 bits per heavy atom. The molecule has 0 fully saturated rings. The van der Waals surface area contributed by atoms with Crippen LogP contribution in [0.4, 0.5) is 27.5 Å². The normalized spacial score (nSPS) is 12.4. The number of amides is 2. The number of urea groups is 1. The summed E-state index contributed by atoms with van der Waals surface area (Å²) in [5.41, 5.74) is 1.45. The SMILES string of the molecule is Cc1cc(Nc2cccc3c(S(=O)(=O)O)cc(O)cc23)ccc1S(=O)(=O)NC(=O)NS(=O)(=O)c1ccc(Nc2cccc3c(S(=O)(=O)O)cc(O)cc23)cc1C. The van der Waals surface area contributed by atoms with Gasteiger partial charge >= 0.3 is 6.03 Å². The van der Waals surface area contributed by atoms with Crippen LogP contribution in [0.1, 0.15) is 11.1 Å². The molecule has 0 radical (unpaired) electrons. The largest absolute Gasteiger partial charge is 0.508 e. The van der Waals surface area contributed by atoms with Gasteiger partial charge in [-0.2, -0.15) is 16.8 Å². The molecule has 0 saturated carbocycles. The molecular formula is C35H30N4O13S4.